The number of nitrogens with two attached hydrogens (primary N) is 1. The van der Waals surface area contributed by atoms with Crippen LogP contribution in [0.5, 0.6) is 11.5 Å². The smallest absolute Gasteiger partial charge is 0.140 e. The van der Waals surface area contributed by atoms with Gasteiger partial charge in [0.1, 0.15) is 11.5 Å². The van der Waals surface area contributed by atoms with E-state index in [4.69, 9.17) is 15.6 Å². The second kappa shape index (κ2) is 5.37. The van der Waals surface area contributed by atoms with Crippen molar-refractivity contribution in [2.45, 2.75) is 6.61 Å². The number of aliphatic hydroxyl groups is 1. The van der Waals surface area contributed by atoms with E-state index in [1.54, 1.807) is 6.07 Å². The van der Waals surface area contributed by atoms with Crippen molar-refractivity contribution in [1.29, 1.82) is 0 Å². The standard InChI is InChI=1S/C13H12INO2/c14-12-7-10(15)4-5-13(12)17-11-3-1-2-9(6-11)8-16/h1-7,16H,8,15H2. The zero-order valence-corrected chi connectivity index (χ0v) is 11.2. The van der Waals surface area contributed by atoms with E-state index in [0.29, 0.717) is 11.4 Å². The molecule has 0 radical (unpaired) electrons. The molecule has 4 heteroatoms. The molecule has 0 spiro atoms. The molecule has 0 aliphatic carbocycles. The quantitative estimate of drug-likeness (QED) is 0.666. The van der Waals surface area contributed by atoms with Crippen molar-refractivity contribution in [3.8, 4) is 11.5 Å². The van der Waals surface area contributed by atoms with Crippen LogP contribution in [0.25, 0.3) is 0 Å². The van der Waals surface area contributed by atoms with E-state index < -0.39 is 0 Å². The summed E-state index contributed by atoms with van der Waals surface area (Å²) in [6.45, 7) is 0.00995. The Labute approximate surface area is 113 Å². The van der Waals surface area contributed by atoms with E-state index in [2.05, 4.69) is 22.6 Å². The SMILES string of the molecule is Nc1ccc(Oc2cccc(CO)c2)c(I)c1. The molecule has 17 heavy (non-hydrogen) atoms. The molecule has 88 valence electrons. The fraction of sp³-hybridized carbons (Fsp3) is 0.0769. The Hall–Kier alpha value is -1.27. The summed E-state index contributed by atoms with van der Waals surface area (Å²) in [5.41, 5.74) is 7.21. The second-order valence-corrected chi connectivity index (χ2v) is 4.76. The van der Waals surface area contributed by atoms with Crippen LogP contribution in [-0.2, 0) is 6.61 Å². The number of benzene rings is 2. The van der Waals surface area contributed by atoms with Crippen LogP contribution in [0, 0.1) is 3.57 Å². The van der Waals surface area contributed by atoms with Crippen molar-refractivity contribution < 1.29 is 9.84 Å². The van der Waals surface area contributed by atoms with E-state index in [0.717, 1.165) is 14.9 Å². The Kier molecular flexibility index (Phi) is 3.86. The number of ether oxygens (including phenoxy) is 1. The summed E-state index contributed by atoms with van der Waals surface area (Å²) < 4.78 is 6.69. The van der Waals surface area contributed by atoms with Gasteiger partial charge in [0.15, 0.2) is 0 Å². The molecule has 0 atom stereocenters. The second-order valence-electron chi connectivity index (χ2n) is 3.60. The van der Waals surface area contributed by atoms with E-state index in [1.165, 1.54) is 0 Å². The molecule has 0 saturated carbocycles. The molecule has 0 heterocycles. The minimum atomic E-state index is 0.00995. The lowest BCUT2D eigenvalue weighted by Gasteiger charge is -2.09. The van der Waals surface area contributed by atoms with Crippen LogP contribution in [-0.4, -0.2) is 5.11 Å². The van der Waals surface area contributed by atoms with Crippen LogP contribution in [0.4, 0.5) is 5.69 Å². The van der Waals surface area contributed by atoms with Crippen molar-refractivity contribution in [2.75, 3.05) is 5.73 Å². The molecule has 2 rings (SSSR count). The fourth-order valence-electron chi connectivity index (χ4n) is 1.43. The molecule has 0 unspecified atom stereocenters. The molecule has 0 aliphatic rings. The maximum atomic E-state index is 9.05. The van der Waals surface area contributed by atoms with Crippen molar-refractivity contribution in [1.82, 2.24) is 0 Å². The summed E-state index contributed by atoms with van der Waals surface area (Å²) >= 11 is 2.18. The maximum Gasteiger partial charge on any atom is 0.140 e. The number of aliphatic hydroxyl groups excluding tert-OH is 1. The molecule has 0 aromatic heterocycles. The van der Waals surface area contributed by atoms with E-state index in [1.807, 2.05) is 36.4 Å². The number of nitrogen functional groups attached to an aromatic ring is 1. The van der Waals surface area contributed by atoms with Crippen LogP contribution in [0.3, 0.4) is 0 Å². The average molecular weight is 341 g/mol. The topological polar surface area (TPSA) is 55.5 Å². The monoisotopic (exact) mass is 341 g/mol. The van der Waals surface area contributed by atoms with Gasteiger partial charge in [-0.05, 0) is 58.5 Å². The molecule has 0 amide bonds. The molecule has 2 aromatic rings. The van der Waals surface area contributed by atoms with Crippen LogP contribution < -0.4 is 10.5 Å². The first-order chi connectivity index (χ1) is 8.19. The highest BCUT2D eigenvalue weighted by molar-refractivity contribution is 14.1. The highest BCUT2D eigenvalue weighted by Gasteiger charge is 2.03. The lowest BCUT2D eigenvalue weighted by molar-refractivity contribution is 0.281. The van der Waals surface area contributed by atoms with Crippen LogP contribution >= 0.6 is 22.6 Å². The van der Waals surface area contributed by atoms with E-state index in [9.17, 15) is 0 Å². The molecule has 3 N–H and O–H groups in total. The molecular formula is C13H12INO2. The van der Waals surface area contributed by atoms with Crippen LogP contribution in [0.15, 0.2) is 42.5 Å². The van der Waals surface area contributed by atoms with Crippen LogP contribution in [0.1, 0.15) is 5.56 Å². The van der Waals surface area contributed by atoms with Gasteiger partial charge in [0.05, 0.1) is 10.2 Å². The van der Waals surface area contributed by atoms with Gasteiger partial charge in [-0.15, -0.1) is 0 Å². The van der Waals surface area contributed by atoms with Gasteiger partial charge in [-0.1, -0.05) is 12.1 Å². The van der Waals surface area contributed by atoms with Crippen molar-refractivity contribution in [3.63, 3.8) is 0 Å². The molecule has 0 aliphatic heterocycles. The largest absolute Gasteiger partial charge is 0.456 e. The fourth-order valence-corrected chi connectivity index (χ4v) is 2.08. The van der Waals surface area contributed by atoms with Gasteiger partial charge < -0.3 is 15.6 Å². The minimum absolute atomic E-state index is 0.00995. The molecule has 3 nitrogen and oxygen atoms in total. The molecular weight excluding hydrogens is 329 g/mol. The lowest BCUT2D eigenvalue weighted by Crippen LogP contribution is -1.91. The van der Waals surface area contributed by atoms with Gasteiger partial charge in [-0.3, -0.25) is 0 Å². The molecule has 0 bridgehead atoms. The third kappa shape index (κ3) is 3.10. The lowest BCUT2D eigenvalue weighted by atomic mass is 10.2. The van der Waals surface area contributed by atoms with Gasteiger partial charge in [-0.25, -0.2) is 0 Å². The van der Waals surface area contributed by atoms with Crippen molar-refractivity contribution in [3.05, 3.63) is 51.6 Å². The summed E-state index contributed by atoms with van der Waals surface area (Å²) in [7, 11) is 0. The molecule has 0 fully saturated rings. The Balaban J connectivity index is 2.25. The Morgan fingerprint density at radius 3 is 2.71 bits per heavy atom. The first-order valence-corrected chi connectivity index (χ1v) is 6.19. The minimum Gasteiger partial charge on any atom is -0.456 e. The summed E-state index contributed by atoms with van der Waals surface area (Å²) in [5.74, 6) is 1.47. The third-order valence-electron chi connectivity index (χ3n) is 2.26. The zero-order valence-electron chi connectivity index (χ0n) is 9.06. The first-order valence-electron chi connectivity index (χ1n) is 5.12. The van der Waals surface area contributed by atoms with Gasteiger partial charge in [0.2, 0.25) is 0 Å². The summed E-state index contributed by atoms with van der Waals surface area (Å²) in [5, 5.41) is 9.05. The summed E-state index contributed by atoms with van der Waals surface area (Å²) in [4.78, 5) is 0. The number of rotatable bonds is 3. The Morgan fingerprint density at radius 2 is 2.00 bits per heavy atom. The average Bonchev–Trinajstić information content (AvgIpc) is 2.33. The molecule has 0 saturated heterocycles. The first kappa shape index (κ1) is 12.2. The normalized spacial score (nSPS) is 10.2. The molecule has 2 aromatic carbocycles. The van der Waals surface area contributed by atoms with E-state index in [-0.39, 0.29) is 6.61 Å². The van der Waals surface area contributed by atoms with E-state index >= 15 is 0 Å². The van der Waals surface area contributed by atoms with Gasteiger partial charge in [0.25, 0.3) is 0 Å². The number of hydrogen-bond donors (Lipinski definition) is 2. The predicted octanol–water partition coefficient (Wildman–Crippen LogP) is 3.16. The highest BCUT2D eigenvalue weighted by Crippen LogP contribution is 2.28. The number of halogens is 1. The maximum absolute atomic E-state index is 9.05. The Morgan fingerprint density at radius 1 is 1.18 bits per heavy atom. The number of anilines is 1. The third-order valence-corrected chi connectivity index (χ3v) is 3.11. The van der Waals surface area contributed by atoms with Gasteiger partial charge in [-0.2, -0.15) is 0 Å². The van der Waals surface area contributed by atoms with Crippen molar-refractivity contribution >= 4 is 28.3 Å². The Bertz CT molecular complexity index is 529. The summed E-state index contributed by atoms with van der Waals surface area (Å²) in [6.07, 6.45) is 0. The number of hydrogen-bond acceptors (Lipinski definition) is 3. The van der Waals surface area contributed by atoms with Gasteiger partial charge >= 0.3 is 0 Å². The predicted molar refractivity (Wildman–Crippen MR) is 76.0 cm³/mol. The zero-order chi connectivity index (χ0) is 12.3. The van der Waals surface area contributed by atoms with Crippen molar-refractivity contribution in [2.24, 2.45) is 0 Å². The van der Waals surface area contributed by atoms with Gasteiger partial charge in [0, 0.05) is 5.69 Å². The van der Waals surface area contributed by atoms with Crippen LogP contribution in [0.2, 0.25) is 0 Å². The highest BCUT2D eigenvalue weighted by atomic mass is 127. The summed E-state index contributed by atoms with van der Waals surface area (Å²) in [6, 6.07) is 12.9.